The molecule has 1 rings (SSSR count). The highest BCUT2D eigenvalue weighted by molar-refractivity contribution is 5.75. The van der Waals surface area contributed by atoms with Gasteiger partial charge in [-0.15, -0.1) is 0 Å². The highest BCUT2D eigenvalue weighted by Gasteiger charge is 1.84. The lowest BCUT2D eigenvalue weighted by molar-refractivity contribution is 1.14. The van der Waals surface area contributed by atoms with Gasteiger partial charge in [0.15, 0.2) is 17.4 Å². The predicted octanol–water partition coefficient (Wildman–Crippen LogP) is 1.37. The van der Waals surface area contributed by atoms with Crippen molar-refractivity contribution in [2.45, 2.75) is 20.3 Å². The fraction of sp³-hybridized carbons (Fsp3) is 0.333. The average molecular weight is 150 g/mol. The SMILES string of the molecule is CCc1ccc(C)cc1.[AlH3]. The Morgan fingerprint density at radius 1 is 1.10 bits per heavy atom. The fourth-order valence-electron chi connectivity index (χ4n) is 0.824. The summed E-state index contributed by atoms with van der Waals surface area (Å²) in [5, 5.41) is 0. The van der Waals surface area contributed by atoms with E-state index < -0.39 is 0 Å². The van der Waals surface area contributed by atoms with Crippen LogP contribution in [0, 0.1) is 6.92 Å². The van der Waals surface area contributed by atoms with E-state index in [1.165, 1.54) is 11.1 Å². The van der Waals surface area contributed by atoms with Crippen LogP contribution in [0.25, 0.3) is 0 Å². The zero-order valence-corrected chi connectivity index (χ0v) is 6.02. The maximum absolute atomic E-state index is 2.18. The minimum absolute atomic E-state index is 0. The molecule has 0 spiro atoms. The Hall–Kier alpha value is -0.248. The fourth-order valence-corrected chi connectivity index (χ4v) is 0.824. The van der Waals surface area contributed by atoms with Crippen LogP contribution in [0.3, 0.4) is 0 Å². The molecule has 10 heavy (non-hydrogen) atoms. The van der Waals surface area contributed by atoms with E-state index in [1.54, 1.807) is 0 Å². The lowest BCUT2D eigenvalue weighted by Gasteiger charge is -1.94. The first kappa shape index (κ1) is 9.75. The topological polar surface area (TPSA) is 0 Å². The summed E-state index contributed by atoms with van der Waals surface area (Å²) in [7, 11) is 0. The van der Waals surface area contributed by atoms with Crippen molar-refractivity contribution in [3.63, 3.8) is 0 Å². The third kappa shape index (κ3) is 2.56. The molecule has 0 amide bonds. The van der Waals surface area contributed by atoms with Crippen molar-refractivity contribution >= 4 is 17.4 Å². The van der Waals surface area contributed by atoms with Crippen molar-refractivity contribution in [2.24, 2.45) is 0 Å². The van der Waals surface area contributed by atoms with Gasteiger partial charge in [0.2, 0.25) is 0 Å². The molecule has 0 fully saturated rings. The Labute approximate surface area is 73.4 Å². The number of hydrogen-bond donors (Lipinski definition) is 0. The standard InChI is InChI=1S/C9H12.Al.3H/c1-3-9-6-4-8(2)5-7-9;;;;/h4-7H,3H2,1-2H3;;;;. The van der Waals surface area contributed by atoms with Crippen LogP contribution < -0.4 is 0 Å². The van der Waals surface area contributed by atoms with Gasteiger partial charge in [-0.1, -0.05) is 36.8 Å². The highest BCUT2D eigenvalue weighted by atomic mass is 27.0. The van der Waals surface area contributed by atoms with Crippen LogP contribution in [-0.4, -0.2) is 17.4 Å². The van der Waals surface area contributed by atoms with Crippen LogP contribution in [0.2, 0.25) is 0 Å². The molecule has 0 aliphatic carbocycles. The molecule has 0 bridgehead atoms. The first-order chi connectivity index (χ1) is 4.33. The van der Waals surface area contributed by atoms with Crippen LogP contribution in [0.5, 0.6) is 0 Å². The van der Waals surface area contributed by atoms with E-state index in [4.69, 9.17) is 0 Å². The molecule has 1 aromatic rings. The molecule has 0 unspecified atom stereocenters. The smallest absolute Gasteiger partial charge is 0.0613 e. The zero-order chi connectivity index (χ0) is 6.69. The molecule has 0 heterocycles. The molecular formula is C9H15Al. The van der Waals surface area contributed by atoms with Gasteiger partial charge in [0.05, 0.1) is 0 Å². The van der Waals surface area contributed by atoms with Gasteiger partial charge in [0, 0.05) is 0 Å². The molecule has 0 nitrogen and oxygen atoms in total. The largest absolute Gasteiger partial charge is 0.187 e. The first-order valence-electron chi connectivity index (χ1n) is 3.38. The molecule has 0 aliphatic rings. The summed E-state index contributed by atoms with van der Waals surface area (Å²) in [6.45, 7) is 4.28. The third-order valence-electron chi connectivity index (χ3n) is 1.53. The summed E-state index contributed by atoms with van der Waals surface area (Å²) in [5.74, 6) is 0. The van der Waals surface area contributed by atoms with Crippen LogP contribution in [0.15, 0.2) is 24.3 Å². The van der Waals surface area contributed by atoms with Gasteiger partial charge in [-0.2, -0.15) is 0 Å². The van der Waals surface area contributed by atoms with E-state index in [0.29, 0.717) is 0 Å². The van der Waals surface area contributed by atoms with Crippen molar-refractivity contribution in [2.75, 3.05) is 0 Å². The van der Waals surface area contributed by atoms with E-state index in [9.17, 15) is 0 Å². The summed E-state index contributed by atoms with van der Waals surface area (Å²) in [6, 6.07) is 8.66. The molecule has 1 heteroatoms. The molecule has 0 saturated heterocycles. The third-order valence-corrected chi connectivity index (χ3v) is 1.53. The van der Waals surface area contributed by atoms with Crippen LogP contribution in [0.4, 0.5) is 0 Å². The summed E-state index contributed by atoms with van der Waals surface area (Å²) >= 11 is 0. The van der Waals surface area contributed by atoms with Gasteiger partial charge in [-0.05, 0) is 18.9 Å². The number of benzene rings is 1. The van der Waals surface area contributed by atoms with Crippen molar-refractivity contribution in [3.8, 4) is 0 Å². The lowest BCUT2D eigenvalue weighted by Crippen LogP contribution is -1.77. The molecule has 0 atom stereocenters. The molecule has 0 aromatic heterocycles. The first-order valence-corrected chi connectivity index (χ1v) is 3.38. The quantitative estimate of drug-likeness (QED) is 0.530. The summed E-state index contributed by atoms with van der Waals surface area (Å²) < 4.78 is 0. The Bertz CT molecular complexity index is 176. The van der Waals surface area contributed by atoms with E-state index in [1.807, 2.05) is 0 Å². The van der Waals surface area contributed by atoms with Crippen LogP contribution in [-0.2, 0) is 6.42 Å². The monoisotopic (exact) mass is 150 g/mol. The average Bonchev–Trinajstić information content (AvgIpc) is 1.90. The highest BCUT2D eigenvalue weighted by Crippen LogP contribution is 2.02. The Balaban J connectivity index is 0.000000810. The van der Waals surface area contributed by atoms with Crippen molar-refractivity contribution < 1.29 is 0 Å². The van der Waals surface area contributed by atoms with Crippen molar-refractivity contribution in [1.82, 2.24) is 0 Å². The molecular weight excluding hydrogens is 135 g/mol. The number of aryl methyl sites for hydroxylation is 2. The summed E-state index contributed by atoms with van der Waals surface area (Å²) in [6.07, 6.45) is 1.14. The predicted molar refractivity (Wildman–Crippen MR) is 50.5 cm³/mol. The Kier molecular flexibility index (Phi) is 4.44. The van der Waals surface area contributed by atoms with Crippen molar-refractivity contribution in [3.05, 3.63) is 35.4 Å². The van der Waals surface area contributed by atoms with Gasteiger partial charge >= 0.3 is 0 Å². The summed E-state index contributed by atoms with van der Waals surface area (Å²) in [4.78, 5) is 0. The molecule has 0 N–H and O–H groups in total. The molecule has 0 saturated carbocycles. The Morgan fingerprint density at radius 2 is 1.60 bits per heavy atom. The Morgan fingerprint density at radius 3 is 2.00 bits per heavy atom. The van der Waals surface area contributed by atoms with Crippen LogP contribution >= 0.6 is 0 Å². The minimum Gasteiger partial charge on any atom is -0.0613 e. The van der Waals surface area contributed by atoms with Crippen LogP contribution in [0.1, 0.15) is 18.1 Å². The maximum atomic E-state index is 2.18. The molecule has 1 aromatic carbocycles. The second-order valence-corrected chi connectivity index (χ2v) is 2.34. The number of rotatable bonds is 1. The zero-order valence-electron chi connectivity index (χ0n) is 6.02. The van der Waals surface area contributed by atoms with E-state index in [0.717, 1.165) is 6.42 Å². The molecule has 54 valence electrons. The normalized spacial score (nSPS) is 8.60. The van der Waals surface area contributed by atoms with Gasteiger partial charge < -0.3 is 0 Å². The van der Waals surface area contributed by atoms with E-state index >= 15 is 0 Å². The molecule has 0 aliphatic heterocycles. The van der Waals surface area contributed by atoms with E-state index in [2.05, 4.69) is 38.1 Å². The van der Waals surface area contributed by atoms with Gasteiger partial charge in [0.1, 0.15) is 0 Å². The molecule has 0 radical (unpaired) electrons. The van der Waals surface area contributed by atoms with Gasteiger partial charge in [-0.25, -0.2) is 0 Å². The minimum atomic E-state index is 0. The number of hydrogen-bond acceptors (Lipinski definition) is 0. The second kappa shape index (κ2) is 4.55. The maximum Gasteiger partial charge on any atom is 0.187 e. The van der Waals surface area contributed by atoms with Gasteiger partial charge in [0.25, 0.3) is 0 Å². The van der Waals surface area contributed by atoms with E-state index in [-0.39, 0.29) is 17.4 Å². The lowest BCUT2D eigenvalue weighted by atomic mass is 10.1. The van der Waals surface area contributed by atoms with Gasteiger partial charge in [-0.3, -0.25) is 0 Å². The van der Waals surface area contributed by atoms with Crippen molar-refractivity contribution in [1.29, 1.82) is 0 Å². The summed E-state index contributed by atoms with van der Waals surface area (Å²) in [5.41, 5.74) is 2.76. The second-order valence-electron chi connectivity index (χ2n) is 2.34.